The summed E-state index contributed by atoms with van der Waals surface area (Å²) in [5.41, 5.74) is 2.19. The number of amides is 1. The molecule has 5 rings (SSSR count). The Morgan fingerprint density at radius 1 is 0.891 bits per heavy atom. The molecular formula is C33H32F3N2O7P. The fraction of sp³-hybridized carbons (Fsp3) is 0.273. The molecule has 1 aliphatic rings. The average Bonchev–Trinajstić information content (AvgIpc) is 3.08. The maximum Gasteiger partial charge on any atom is 0.476 e. The van der Waals surface area contributed by atoms with E-state index in [2.05, 4.69) is 4.98 Å². The maximum atomic E-state index is 14.5. The zero-order valence-electron chi connectivity index (χ0n) is 24.5. The Hall–Kier alpha value is -3.90. The minimum Gasteiger partial charge on any atom is -0.379 e. The van der Waals surface area contributed by atoms with Crippen LogP contribution in [-0.4, -0.2) is 48.4 Å². The van der Waals surface area contributed by atoms with Crippen LogP contribution in [0.3, 0.4) is 0 Å². The van der Waals surface area contributed by atoms with Gasteiger partial charge in [-0.3, -0.25) is 23.3 Å². The van der Waals surface area contributed by atoms with Gasteiger partial charge in [0.25, 0.3) is 5.91 Å². The van der Waals surface area contributed by atoms with Crippen molar-refractivity contribution in [2.45, 2.75) is 37.4 Å². The summed E-state index contributed by atoms with van der Waals surface area (Å²) in [6.07, 6.45) is -3.41. The van der Waals surface area contributed by atoms with Crippen molar-refractivity contribution < 1.29 is 45.9 Å². The van der Waals surface area contributed by atoms with Gasteiger partial charge in [0.2, 0.25) is 0 Å². The van der Waals surface area contributed by atoms with Gasteiger partial charge in [0.15, 0.2) is 5.60 Å². The third-order valence-electron chi connectivity index (χ3n) is 7.26. The van der Waals surface area contributed by atoms with Gasteiger partial charge < -0.3 is 15.2 Å². The average molecular weight is 657 g/mol. The van der Waals surface area contributed by atoms with Gasteiger partial charge in [-0.1, -0.05) is 91.0 Å². The molecule has 0 spiro atoms. The zero-order chi connectivity index (χ0) is 32.6. The number of hydrogen-bond donors (Lipinski definition) is 2. The van der Waals surface area contributed by atoms with Crippen LogP contribution in [0.15, 0.2) is 103 Å². The van der Waals surface area contributed by atoms with Crippen molar-refractivity contribution in [3.8, 4) is 11.1 Å². The number of rotatable bonds is 15. The second kappa shape index (κ2) is 15.1. The number of alkyl halides is 3. The van der Waals surface area contributed by atoms with Crippen LogP contribution in [0.1, 0.15) is 28.5 Å². The molecule has 2 atom stereocenters. The number of aliphatic hydroxyl groups is 1. The van der Waals surface area contributed by atoms with Crippen molar-refractivity contribution in [2.24, 2.45) is 0 Å². The SMILES string of the molecule is O=C(NC(CF)C(OP(=O)(OCc1ccccc1)OCc1ccccc1)c1ccc(-c2ccc(C3(O)COC3)nc2)cc1)C(F)F. The van der Waals surface area contributed by atoms with E-state index >= 15 is 0 Å². The molecule has 2 N–H and O–H groups in total. The number of carbonyl (C=O) groups excluding carboxylic acids is 1. The number of nitrogens with zero attached hydrogens (tertiary/aromatic N) is 1. The minimum absolute atomic E-state index is 0.154. The fourth-order valence-corrected chi connectivity index (χ4v) is 6.01. The fourth-order valence-electron chi connectivity index (χ4n) is 4.65. The molecule has 0 bridgehead atoms. The third-order valence-corrected chi connectivity index (χ3v) is 8.63. The molecule has 242 valence electrons. The summed E-state index contributed by atoms with van der Waals surface area (Å²) in [6.45, 7) is -1.43. The number of ether oxygens (including phenoxy) is 1. The maximum absolute atomic E-state index is 14.5. The number of pyridine rings is 1. The van der Waals surface area contributed by atoms with Gasteiger partial charge in [0.05, 0.1) is 38.2 Å². The summed E-state index contributed by atoms with van der Waals surface area (Å²) in [7, 11) is -4.54. The van der Waals surface area contributed by atoms with Crippen molar-refractivity contribution in [2.75, 3.05) is 19.9 Å². The molecule has 1 saturated heterocycles. The molecule has 46 heavy (non-hydrogen) atoms. The number of phosphoric acid groups is 1. The number of aromatic nitrogens is 1. The lowest BCUT2D eigenvalue weighted by atomic mass is 9.95. The van der Waals surface area contributed by atoms with Crippen molar-refractivity contribution in [3.63, 3.8) is 0 Å². The number of halogens is 3. The third kappa shape index (κ3) is 8.47. The molecule has 0 radical (unpaired) electrons. The van der Waals surface area contributed by atoms with E-state index in [1.165, 1.54) is 12.1 Å². The second-order valence-corrected chi connectivity index (χ2v) is 12.3. The minimum atomic E-state index is -4.54. The number of carbonyl (C=O) groups is 1. The van der Waals surface area contributed by atoms with Crippen molar-refractivity contribution in [3.05, 3.63) is 126 Å². The van der Waals surface area contributed by atoms with Crippen molar-refractivity contribution in [1.29, 1.82) is 0 Å². The van der Waals surface area contributed by atoms with Gasteiger partial charge in [-0.15, -0.1) is 0 Å². The summed E-state index contributed by atoms with van der Waals surface area (Å²) in [6, 6.07) is 25.6. The van der Waals surface area contributed by atoms with Crippen LogP contribution in [0.5, 0.6) is 0 Å². The number of phosphoric ester groups is 1. The molecular weight excluding hydrogens is 624 g/mol. The van der Waals surface area contributed by atoms with Crippen LogP contribution in [0, 0.1) is 0 Å². The Balaban J connectivity index is 1.43. The van der Waals surface area contributed by atoms with Crippen LogP contribution >= 0.6 is 7.82 Å². The van der Waals surface area contributed by atoms with Crippen molar-refractivity contribution >= 4 is 13.7 Å². The molecule has 1 amide bonds. The van der Waals surface area contributed by atoms with E-state index in [-0.39, 0.29) is 32.0 Å². The highest BCUT2D eigenvalue weighted by atomic mass is 31.2. The Bertz CT molecular complexity index is 1560. The molecule has 13 heteroatoms. The summed E-state index contributed by atoms with van der Waals surface area (Å²) in [4.78, 5) is 16.3. The quantitative estimate of drug-likeness (QED) is 0.144. The van der Waals surface area contributed by atoms with Crippen LogP contribution in [0.25, 0.3) is 11.1 Å². The van der Waals surface area contributed by atoms with Crippen LogP contribution in [0.2, 0.25) is 0 Å². The lowest BCUT2D eigenvalue weighted by molar-refractivity contribution is -0.186. The van der Waals surface area contributed by atoms with Crippen LogP contribution in [-0.2, 0) is 46.5 Å². The van der Waals surface area contributed by atoms with E-state index in [1.807, 2.05) is 5.32 Å². The smallest absolute Gasteiger partial charge is 0.379 e. The highest BCUT2D eigenvalue weighted by molar-refractivity contribution is 7.48. The molecule has 9 nitrogen and oxygen atoms in total. The zero-order valence-corrected chi connectivity index (χ0v) is 25.4. The molecule has 1 aromatic heterocycles. The van der Waals surface area contributed by atoms with Crippen molar-refractivity contribution in [1.82, 2.24) is 10.3 Å². The highest BCUT2D eigenvalue weighted by Crippen LogP contribution is 2.55. The number of hydrogen-bond acceptors (Lipinski definition) is 8. The summed E-state index contributed by atoms with van der Waals surface area (Å²) >= 11 is 0. The molecule has 2 heterocycles. The van der Waals surface area contributed by atoms with E-state index in [4.69, 9.17) is 18.3 Å². The van der Waals surface area contributed by atoms with E-state index in [1.54, 1.807) is 91.1 Å². The topological polar surface area (TPSA) is 116 Å². The van der Waals surface area contributed by atoms with Gasteiger partial charge >= 0.3 is 14.2 Å². The van der Waals surface area contributed by atoms with Crippen LogP contribution < -0.4 is 5.32 Å². The molecule has 2 unspecified atom stereocenters. The van der Waals surface area contributed by atoms with Gasteiger partial charge in [-0.05, 0) is 28.3 Å². The standard InChI is InChI=1S/C33H32F3N2O7P/c34-17-28(38-32(39)31(35)36)30(26-13-11-25(12-14-26)27-15-16-29(37-18-27)33(40)21-42-22-33)45-46(41,43-19-23-7-3-1-4-8-23)44-20-24-9-5-2-6-10-24/h1-16,18,28,30-31,40H,17,19-22H2,(H,38,39). The predicted octanol–water partition coefficient (Wildman–Crippen LogP) is 6.29. The number of benzene rings is 3. The molecule has 1 aliphatic heterocycles. The monoisotopic (exact) mass is 656 g/mol. The first-order valence-corrected chi connectivity index (χ1v) is 15.8. The first kappa shape index (κ1) is 33.5. The van der Waals surface area contributed by atoms with E-state index < -0.39 is 44.6 Å². The first-order chi connectivity index (χ1) is 22.2. The highest BCUT2D eigenvalue weighted by Gasteiger charge is 2.40. The predicted molar refractivity (Wildman–Crippen MR) is 162 cm³/mol. The summed E-state index contributed by atoms with van der Waals surface area (Å²) in [5, 5.41) is 12.4. The first-order valence-electron chi connectivity index (χ1n) is 14.3. The molecule has 4 aromatic rings. The lowest BCUT2D eigenvalue weighted by Gasteiger charge is -2.35. The van der Waals surface area contributed by atoms with E-state index in [9.17, 15) is 27.6 Å². The molecule has 0 saturated carbocycles. The Labute approximate surface area is 263 Å². The largest absolute Gasteiger partial charge is 0.476 e. The summed E-state index contributed by atoms with van der Waals surface area (Å²) < 4.78 is 77.3. The van der Waals surface area contributed by atoms with E-state index in [0.29, 0.717) is 27.9 Å². The Morgan fingerprint density at radius 2 is 1.46 bits per heavy atom. The van der Waals surface area contributed by atoms with Gasteiger partial charge in [0.1, 0.15) is 12.8 Å². The second-order valence-electron chi connectivity index (χ2n) is 10.6. The lowest BCUT2D eigenvalue weighted by Crippen LogP contribution is -2.47. The number of nitrogens with one attached hydrogen (secondary N) is 1. The Kier molecular flexibility index (Phi) is 11.0. The summed E-state index contributed by atoms with van der Waals surface area (Å²) in [5.74, 6) is -1.72. The van der Waals surface area contributed by atoms with Gasteiger partial charge in [-0.2, -0.15) is 8.78 Å². The van der Waals surface area contributed by atoms with Gasteiger partial charge in [0, 0.05) is 11.8 Å². The van der Waals surface area contributed by atoms with Crippen LogP contribution in [0.4, 0.5) is 13.2 Å². The molecule has 1 fully saturated rings. The van der Waals surface area contributed by atoms with E-state index in [0.717, 1.165) is 0 Å². The molecule has 0 aliphatic carbocycles. The Morgan fingerprint density at radius 3 is 1.91 bits per heavy atom. The van der Waals surface area contributed by atoms with Gasteiger partial charge in [-0.25, -0.2) is 8.96 Å². The normalized spacial score (nSPS) is 15.6. The molecule has 3 aromatic carbocycles.